The summed E-state index contributed by atoms with van der Waals surface area (Å²) in [5.74, 6) is -1.68. The molecule has 3 unspecified atom stereocenters. The van der Waals surface area contributed by atoms with Crippen LogP contribution in [0.3, 0.4) is 0 Å². The van der Waals surface area contributed by atoms with E-state index in [1.54, 1.807) is 37.3 Å². The highest BCUT2D eigenvalue weighted by molar-refractivity contribution is 5.83. The zero-order valence-electron chi connectivity index (χ0n) is 40.8. The molecule has 0 aliphatic rings. The Morgan fingerprint density at radius 3 is 1.90 bits per heavy atom. The van der Waals surface area contributed by atoms with E-state index in [9.17, 15) is 5.26 Å². The van der Waals surface area contributed by atoms with E-state index in [0.717, 1.165) is 63.8 Å². The van der Waals surface area contributed by atoms with E-state index in [2.05, 4.69) is 80.6 Å². The molecule has 8 aromatic carbocycles. The van der Waals surface area contributed by atoms with Gasteiger partial charge in [0.25, 0.3) is 0 Å². The predicted octanol–water partition coefficient (Wildman–Crippen LogP) is 17.2. The van der Waals surface area contributed by atoms with E-state index in [-0.39, 0.29) is 22.6 Å². The Morgan fingerprint density at radius 1 is 0.586 bits per heavy atom. The SMILES string of the molecule is CCCCc1ccc(CC(c2ccc(C)cc2)C(c2cccc(C)c2)c2cc(-c3cccc(-c4cc(OC)ccc4F)c3C)c(C(F)(F)F)c(C#N)c2C(Cc2ccccc2)c2ccccc2C)cc1. The lowest BCUT2D eigenvalue weighted by Gasteiger charge is -2.35. The summed E-state index contributed by atoms with van der Waals surface area (Å²) in [5.41, 5.74) is 9.82. The topological polar surface area (TPSA) is 33.0 Å². The van der Waals surface area contributed by atoms with Crippen molar-refractivity contribution in [3.05, 3.63) is 254 Å². The molecule has 6 heteroatoms. The molecule has 8 rings (SSSR count). The molecular formula is C64H59F4NO. The standard InChI is InChI=1S/C64H59F4NO/c1-7-8-18-45-27-29-47(30-28-45)36-54(48-31-25-41(2)26-32-48)61(49-21-14-16-42(3)35-49)58-39-57(53-24-15-23-52(44(53)5)55-38-50(70-6)33-34-60(55)65)63(64(66,67)68)59(40-69)62(58)56(37-46-19-10-9-11-20-46)51-22-13-12-17-43(51)4/h9-17,19-35,38-39,54,56,61H,7-8,18,36-37H2,1-6H3. The quantitative estimate of drug-likeness (QED) is 0.0905. The van der Waals surface area contributed by atoms with Crippen LogP contribution in [0.5, 0.6) is 5.75 Å². The summed E-state index contributed by atoms with van der Waals surface area (Å²) in [6.07, 6.45) is -0.927. The third-order valence-electron chi connectivity index (χ3n) is 14.0. The molecule has 0 amide bonds. The van der Waals surface area contributed by atoms with Crippen LogP contribution < -0.4 is 4.74 Å². The van der Waals surface area contributed by atoms with Crippen LogP contribution in [0.2, 0.25) is 0 Å². The third kappa shape index (κ3) is 10.7. The van der Waals surface area contributed by atoms with Crippen LogP contribution in [0.4, 0.5) is 17.6 Å². The summed E-state index contributed by atoms with van der Waals surface area (Å²) in [7, 11) is 1.49. The first-order valence-electron chi connectivity index (χ1n) is 24.2. The summed E-state index contributed by atoms with van der Waals surface area (Å²) in [4.78, 5) is 0. The van der Waals surface area contributed by atoms with Crippen molar-refractivity contribution in [3.8, 4) is 34.1 Å². The molecule has 354 valence electrons. The van der Waals surface area contributed by atoms with Gasteiger partial charge in [-0.3, -0.25) is 0 Å². The van der Waals surface area contributed by atoms with Gasteiger partial charge >= 0.3 is 6.18 Å². The van der Waals surface area contributed by atoms with Gasteiger partial charge in [0.05, 0.1) is 18.2 Å². The third-order valence-corrected chi connectivity index (χ3v) is 14.0. The number of unbranched alkanes of at least 4 members (excludes halogenated alkanes) is 1. The number of ether oxygens (including phenoxy) is 1. The molecule has 3 atom stereocenters. The van der Waals surface area contributed by atoms with Gasteiger partial charge in [-0.2, -0.15) is 18.4 Å². The number of alkyl halides is 3. The number of aryl methyl sites for hydroxylation is 4. The number of halogens is 4. The van der Waals surface area contributed by atoms with E-state index in [1.165, 1.54) is 24.8 Å². The fraction of sp³-hybridized carbons (Fsp3) is 0.234. The summed E-state index contributed by atoms with van der Waals surface area (Å²) >= 11 is 0. The molecule has 0 bridgehead atoms. The molecule has 8 aromatic rings. The molecule has 0 fully saturated rings. The zero-order chi connectivity index (χ0) is 49.5. The first-order chi connectivity index (χ1) is 33.8. The van der Waals surface area contributed by atoms with Crippen LogP contribution in [0, 0.1) is 44.8 Å². The van der Waals surface area contributed by atoms with Gasteiger partial charge in [0, 0.05) is 17.4 Å². The highest BCUT2D eigenvalue weighted by atomic mass is 19.4. The van der Waals surface area contributed by atoms with Crippen LogP contribution >= 0.6 is 0 Å². The van der Waals surface area contributed by atoms with Crippen molar-refractivity contribution in [1.82, 2.24) is 0 Å². The van der Waals surface area contributed by atoms with Crippen molar-refractivity contribution in [2.45, 2.75) is 90.7 Å². The minimum Gasteiger partial charge on any atom is -0.497 e. The Bertz CT molecular complexity index is 3130. The summed E-state index contributed by atoms with van der Waals surface area (Å²) in [6, 6.07) is 56.6. The Balaban J connectivity index is 1.53. The molecule has 0 aliphatic heterocycles. The van der Waals surface area contributed by atoms with Crippen LogP contribution in [-0.4, -0.2) is 7.11 Å². The monoisotopic (exact) mass is 933 g/mol. The summed E-state index contributed by atoms with van der Waals surface area (Å²) in [6.45, 7) is 9.99. The van der Waals surface area contributed by atoms with Crippen molar-refractivity contribution >= 4 is 0 Å². The second kappa shape index (κ2) is 21.6. The molecule has 2 nitrogen and oxygen atoms in total. The van der Waals surface area contributed by atoms with Crippen molar-refractivity contribution in [3.63, 3.8) is 0 Å². The number of hydrogen-bond donors (Lipinski definition) is 0. The van der Waals surface area contributed by atoms with Gasteiger partial charge in [0.1, 0.15) is 17.6 Å². The molecule has 0 radical (unpaired) electrons. The molecule has 0 heterocycles. The van der Waals surface area contributed by atoms with Gasteiger partial charge in [-0.05, 0) is 156 Å². The lowest BCUT2D eigenvalue weighted by molar-refractivity contribution is -0.137. The average Bonchev–Trinajstić information content (AvgIpc) is 3.36. The van der Waals surface area contributed by atoms with Crippen molar-refractivity contribution < 1.29 is 22.3 Å². The fourth-order valence-electron chi connectivity index (χ4n) is 10.4. The maximum atomic E-state index is 16.6. The van der Waals surface area contributed by atoms with Gasteiger partial charge in [-0.25, -0.2) is 4.39 Å². The maximum Gasteiger partial charge on any atom is 0.418 e. The van der Waals surface area contributed by atoms with Gasteiger partial charge in [0.2, 0.25) is 0 Å². The predicted molar refractivity (Wildman–Crippen MR) is 277 cm³/mol. The van der Waals surface area contributed by atoms with Gasteiger partial charge in [0.15, 0.2) is 0 Å². The smallest absolute Gasteiger partial charge is 0.418 e. The first kappa shape index (κ1) is 49.2. The van der Waals surface area contributed by atoms with E-state index >= 15 is 17.6 Å². The van der Waals surface area contributed by atoms with Crippen LogP contribution in [0.25, 0.3) is 22.3 Å². The lowest BCUT2D eigenvalue weighted by Crippen LogP contribution is -2.23. The number of nitriles is 1. The Morgan fingerprint density at radius 2 is 1.24 bits per heavy atom. The van der Waals surface area contributed by atoms with Crippen LogP contribution in [-0.2, 0) is 25.4 Å². The number of nitrogens with zero attached hydrogens (tertiary/aromatic N) is 1. The Kier molecular flexibility index (Phi) is 15.2. The van der Waals surface area contributed by atoms with Crippen molar-refractivity contribution in [2.24, 2.45) is 0 Å². The van der Waals surface area contributed by atoms with Crippen LogP contribution in [0.1, 0.15) is 115 Å². The molecule has 0 N–H and O–H groups in total. The number of hydrogen-bond acceptors (Lipinski definition) is 2. The molecule has 70 heavy (non-hydrogen) atoms. The summed E-state index contributed by atoms with van der Waals surface area (Å²) in [5, 5.41) is 11.7. The second-order valence-corrected chi connectivity index (χ2v) is 18.7. The fourth-order valence-corrected chi connectivity index (χ4v) is 10.4. The first-order valence-corrected chi connectivity index (χ1v) is 24.2. The average molecular weight is 934 g/mol. The molecule has 0 saturated carbocycles. The molecule has 0 aliphatic carbocycles. The summed E-state index contributed by atoms with van der Waals surface area (Å²) < 4.78 is 71.1. The van der Waals surface area contributed by atoms with Gasteiger partial charge in [-0.1, -0.05) is 170 Å². The maximum absolute atomic E-state index is 16.6. The molecular weight excluding hydrogens is 875 g/mol. The van der Waals surface area contributed by atoms with E-state index in [0.29, 0.717) is 40.8 Å². The zero-order valence-corrected chi connectivity index (χ0v) is 40.8. The lowest BCUT2D eigenvalue weighted by atomic mass is 9.68. The number of benzene rings is 8. The number of methoxy groups -OCH3 is 1. The minimum absolute atomic E-state index is 0.130. The Labute approximate surface area is 411 Å². The number of rotatable bonds is 16. The van der Waals surface area contributed by atoms with E-state index < -0.39 is 35.0 Å². The normalized spacial score (nSPS) is 12.8. The second-order valence-electron chi connectivity index (χ2n) is 18.7. The van der Waals surface area contributed by atoms with E-state index in [1.807, 2.05) is 80.6 Å². The molecule has 0 aromatic heterocycles. The molecule has 0 spiro atoms. The van der Waals surface area contributed by atoms with E-state index in [4.69, 9.17) is 4.74 Å². The van der Waals surface area contributed by atoms with Crippen molar-refractivity contribution in [1.29, 1.82) is 5.26 Å². The highest BCUT2D eigenvalue weighted by Crippen LogP contribution is 2.52. The highest BCUT2D eigenvalue weighted by Gasteiger charge is 2.43. The van der Waals surface area contributed by atoms with Gasteiger partial charge in [-0.15, -0.1) is 0 Å². The Hall–Kier alpha value is -7.23. The minimum atomic E-state index is -4.98. The molecule has 0 saturated heterocycles. The van der Waals surface area contributed by atoms with Gasteiger partial charge < -0.3 is 4.74 Å². The largest absolute Gasteiger partial charge is 0.497 e. The van der Waals surface area contributed by atoms with Crippen LogP contribution in [0.15, 0.2) is 170 Å². The van der Waals surface area contributed by atoms with Crippen molar-refractivity contribution in [2.75, 3.05) is 7.11 Å².